The summed E-state index contributed by atoms with van der Waals surface area (Å²) in [6.07, 6.45) is 0. The van der Waals surface area contributed by atoms with Crippen molar-refractivity contribution in [2.45, 2.75) is 24.8 Å². The minimum Gasteiger partial charge on any atom is -0.384 e. The Balaban J connectivity index is 2.04. The van der Waals surface area contributed by atoms with Crippen molar-refractivity contribution in [1.29, 1.82) is 0 Å². The summed E-state index contributed by atoms with van der Waals surface area (Å²) in [5, 5.41) is 4.32. The molecule has 0 amide bonds. The molecule has 7 heteroatoms. The molecular weight excluding hydrogens is 226 g/mol. The lowest BCUT2D eigenvalue weighted by Crippen LogP contribution is -1.96. The number of aryl methyl sites for hydroxylation is 2. The summed E-state index contributed by atoms with van der Waals surface area (Å²) >= 11 is 1.42. The molecule has 2 aromatic rings. The topological polar surface area (TPSA) is 90.7 Å². The molecule has 2 N–H and O–H groups in total. The highest BCUT2D eigenvalue weighted by Crippen LogP contribution is 2.19. The van der Waals surface area contributed by atoms with Gasteiger partial charge in [-0.15, -0.1) is 0 Å². The van der Waals surface area contributed by atoms with Crippen molar-refractivity contribution in [2.24, 2.45) is 0 Å². The Morgan fingerprint density at radius 3 is 2.75 bits per heavy atom. The maximum absolute atomic E-state index is 5.62. The third kappa shape index (κ3) is 2.69. The van der Waals surface area contributed by atoms with Crippen LogP contribution in [0.3, 0.4) is 0 Å². The molecule has 0 aliphatic carbocycles. The van der Waals surface area contributed by atoms with E-state index in [-0.39, 0.29) is 0 Å². The normalized spacial score (nSPS) is 10.6. The molecule has 0 fully saturated rings. The number of hydrogen-bond acceptors (Lipinski definition) is 7. The molecule has 0 radical (unpaired) electrons. The Bertz CT molecular complexity index is 478. The zero-order valence-electron chi connectivity index (χ0n) is 8.97. The highest BCUT2D eigenvalue weighted by atomic mass is 32.2. The average Bonchev–Trinajstić information content (AvgIpc) is 2.60. The van der Waals surface area contributed by atoms with Crippen LogP contribution in [0.4, 0.5) is 5.82 Å². The zero-order valence-corrected chi connectivity index (χ0v) is 9.78. The van der Waals surface area contributed by atoms with Crippen molar-refractivity contribution in [3.63, 3.8) is 0 Å². The second-order valence-electron chi connectivity index (χ2n) is 3.24. The van der Waals surface area contributed by atoms with E-state index in [1.165, 1.54) is 11.8 Å². The van der Waals surface area contributed by atoms with Gasteiger partial charge in [-0.05, 0) is 13.8 Å². The van der Waals surface area contributed by atoms with Crippen LogP contribution in [0, 0.1) is 13.8 Å². The molecule has 2 heterocycles. The number of nitrogens with zero attached hydrogens (tertiary/aromatic N) is 4. The maximum Gasteiger partial charge on any atom is 0.237 e. The Morgan fingerprint density at radius 1 is 1.31 bits per heavy atom. The summed E-state index contributed by atoms with van der Waals surface area (Å²) < 4.78 is 4.98. The lowest BCUT2D eigenvalue weighted by Gasteiger charge is -2.00. The monoisotopic (exact) mass is 237 g/mol. The lowest BCUT2D eigenvalue weighted by molar-refractivity contribution is 0.387. The van der Waals surface area contributed by atoms with Crippen LogP contribution in [0.25, 0.3) is 0 Å². The number of thioether (sulfide) groups is 1. The van der Waals surface area contributed by atoms with E-state index in [9.17, 15) is 0 Å². The van der Waals surface area contributed by atoms with Crippen molar-refractivity contribution in [1.82, 2.24) is 20.1 Å². The van der Waals surface area contributed by atoms with Crippen LogP contribution >= 0.6 is 11.8 Å². The third-order valence-electron chi connectivity index (χ3n) is 1.75. The van der Waals surface area contributed by atoms with E-state index in [0.717, 1.165) is 5.69 Å². The number of nitrogen functional groups attached to an aromatic ring is 1. The molecule has 84 valence electrons. The van der Waals surface area contributed by atoms with E-state index in [4.69, 9.17) is 10.3 Å². The smallest absolute Gasteiger partial charge is 0.237 e. The Morgan fingerprint density at radius 2 is 2.12 bits per heavy atom. The van der Waals surface area contributed by atoms with Crippen molar-refractivity contribution < 1.29 is 4.52 Å². The fourth-order valence-corrected chi connectivity index (χ4v) is 1.90. The van der Waals surface area contributed by atoms with E-state index in [1.54, 1.807) is 13.0 Å². The van der Waals surface area contributed by atoms with Gasteiger partial charge < -0.3 is 10.3 Å². The van der Waals surface area contributed by atoms with Crippen molar-refractivity contribution in [2.75, 3.05) is 5.73 Å². The SMILES string of the molecule is Cc1cc(N)nc(SCc2nc(C)no2)n1. The Hall–Kier alpha value is -1.63. The van der Waals surface area contributed by atoms with Gasteiger partial charge in [0.05, 0.1) is 5.75 Å². The summed E-state index contributed by atoms with van der Waals surface area (Å²) in [5.41, 5.74) is 6.46. The minimum absolute atomic E-state index is 0.469. The fraction of sp³-hybridized carbons (Fsp3) is 0.333. The predicted molar refractivity (Wildman–Crippen MR) is 59.8 cm³/mol. The molecule has 0 aromatic carbocycles. The Kier molecular flexibility index (Phi) is 3.04. The maximum atomic E-state index is 5.62. The lowest BCUT2D eigenvalue weighted by atomic mass is 10.4. The number of hydrogen-bond donors (Lipinski definition) is 1. The van der Waals surface area contributed by atoms with Crippen molar-refractivity contribution in [3.05, 3.63) is 23.5 Å². The minimum atomic E-state index is 0.469. The predicted octanol–water partition coefficient (Wildman–Crippen LogP) is 1.35. The first-order valence-electron chi connectivity index (χ1n) is 4.66. The first-order chi connectivity index (χ1) is 7.63. The highest BCUT2D eigenvalue weighted by molar-refractivity contribution is 7.98. The molecule has 2 rings (SSSR count). The average molecular weight is 237 g/mol. The molecule has 0 atom stereocenters. The van der Waals surface area contributed by atoms with Gasteiger partial charge >= 0.3 is 0 Å². The van der Waals surface area contributed by atoms with E-state index >= 15 is 0 Å². The molecular formula is C9H11N5OS. The molecule has 0 saturated heterocycles. The second-order valence-corrected chi connectivity index (χ2v) is 4.18. The first kappa shape index (κ1) is 10.9. The standard InChI is InChI=1S/C9H11N5OS/c1-5-3-7(10)13-9(11-5)16-4-8-12-6(2)14-15-8/h3H,4H2,1-2H3,(H2,10,11,13). The van der Waals surface area contributed by atoms with Gasteiger partial charge in [-0.2, -0.15) is 4.98 Å². The molecule has 0 aliphatic rings. The number of nitrogens with two attached hydrogens (primary N) is 1. The van der Waals surface area contributed by atoms with Crippen molar-refractivity contribution >= 4 is 17.6 Å². The van der Waals surface area contributed by atoms with Crippen LogP contribution in [0.5, 0.6) is 0 Å². The van der Waals surface area contributed by atoms with E-state index < -0.39 is 0 Å². The molecule has 16 heavy (non-hydrogen) atoms. The van der Waals surface area contributed by atoms with Crippen LogP contribution < -0.4 is 5.73 Å². The highest BCUT2D eigenvalue weighted by Gasteiger charge is 2.06. The summed E-state index contributed by atoms with van der Waals surface area (Å²) in [4.78, 5) is 12.4. The van der Waals surface area contributed by atoms with Crippen LogP contribution in [-0.4, -0.2) is 20.1 Å². The number of rotatable bonds is 3. The number of aromatic nitrogens is 4. The van der Waals surface area contributed by atoms with Crippen LogP contribution in [0.2, 0.25) is 0 Å². The molecule has 0 spiro atoms. The van der Waals surface area contributed by atoms with E-state index in [1.807, 2.05) is 6.92 Å². The van der Waals surface area contributed by atoms with E-state index in [2.05, 4.69) is 20.1 Å². The Labute approximate surface area is 96.7 Å². The second kappa shape index (κ2) is 4.48. The molecule has 2 aromatic heterocycles. The van der Waals surface area contributed by atoms with Crippen LogP contribution in [-0.2, 0) is 5.75 Å². The van der Waals surface area contributed by atoms with Gasteiger partial charge in [-0.1, -0.05) is 16.9 Å². The molecule has 0 saturated carbocycles. The van der Waals surface area contributed by atoms with Crippen LogP contribution in [0.15, 0.2) is 15.7 Å². The summed E-state index contributed by atoms with van der Waals surface area (Å²) in [5.74, 6) is 2.20. The fourth-order valence-electron chi connectivity index (χ4n) is 1.15. The van der Waals surface area contributed by atoms with Gasteiger partial charge in [-0.3, -0.25) is 0 Å². The first-order valence-corrected chi connectivity index (χ1v) is 5.65. The van der Waals surface area contributed by atoms with Gasteiger partial charge in [0.25, 0.3) is 0 Å². The zero-order chi connectivity index (χ0) is 11.5. The summed E-state index contributed by atoms with van der Waals surface area (Å²) in [6.45, 7) is 3.65. The van der Waals surface area contributed by atoms with Gasteiger partial charge in [0.15, 0.2) is 11.0 Å². The summed E-state index contributed by atoms with van der Waals surface area (Å²) in [6, 6.07) is 1.72. The summed E-state index contributed by atoms with van der Waals surface area (Å²) in [7, 11) is 0. The molecule has 0 unspecified atom stereocenters. The van der Waals surface area contributed by atoms with Gasteiger partial charge in [0, 0.05) is 11.8 Å². The largest absolute Gasteiger partial charge is 0.384 e. The van der Waals surface area contributed by atoms with Gasteiger partial charge in [-0.25, -0.2) is 9.97 Å². The van der Waals surface area contributed by atoms with Gasteiger partial charge in [0.1, 0.15) is 5.82 Å². The quantitative estimate of drug-likeness (QED) is 0.636. The molecule has 0 aliphatic heterocycles. The third-order valence-corrected chi connectivity index (χ3v) is 2.58. The van der Waals surface area contributed by atoms with Crippen molar-refractivity contribution in [3.8, 4) is 0 Å². The number of anilines is 1. The van der Waals surface area contributed by atoms with E-state index in [0.29, 0.717) is 28.4 Å². The van der Waals surface area contributed by atoms with Gasteiger partial charge in [0.2, 0.25) is 5.89 Å². The molecule has 0 bridgehead atoms. The molecule has 6 nitrogen and oxygen atoms in total. The van der Waals surface area contributed by atoms with Crippen LogP contribution in [0.1, 0.15) is 17.4 Å².